The quantitative estimate of drug-likeness (QED) is 0.681. The Morgan fingerprint density at radius 1 is 1.32 bits per heavy atom. The van der Waals surface area contributed by atoms with E-state index in [0.717, 1.165) is 6.42 Å². The third kappa shape index (κ3) is 3.29. The predicted octanol–water partition coefficient (Wildman–Crippen LogP) is 2.92. The summed E-state index contributed by atoms with van der Waals surface area (Å²) in [6.07, 6.45) is 2.47. The van der Waals surface area contributed by atoms with Crippen LogP contribution in [0.15, 0.2) is 40.9 Å². The van der Waals surface area contributed by atoms with Crippen LogP contribution >= 0.6 is 0 Å². The van der Waals surface area contributed by atoms with E-state index in [4.69, 9.17) is 9.83 Å². The number of hydrogen-bond acceptors (Lipinski definition) is 5. The number of fused-ring (bicyclic) bond motifs is 1. The summed E-state index contributed by atoms with van der Waals surface area (Å²) in [7, 11) is 0. The zero-order valence-corrected chi connectivity index (χ0v) is 14.1. The van der Waals surface area contributed by atoms with E-state index < -0.39 is 5.91 Å². The van der Waals surface area contributed by atoms with Gasteiger partial charge in [0.05, 0.1) is 12.3 Å². The lowest BCUT2D eigenvalue weighted by molar-refractivity contribution is 0.102. The number of aromatic nitrogens is 1. The van der Waals surface area contributed by atoms with Gasteiger partial charge in [0.2, 0.25) is 5.55 Å². The number of aryl methyl sites for hydroxylation is 2. The minimum atomic E-state index is -0.432. The Bertz CT molecular complexity index is 991. The minimum absolute atomic E-state index is 0.104. The number of carbonyl (C=O) groups excluding carboxylic acids is 1. The van der Waals surface area contributed by atoms with E-state index in [9.17, 15) is 9.90 Å². The average Bonchev–Trinajstić information content (AvgIpc) is 2.62. The first-order valence-electron chi connectivity index (χ1n) is 8.01. The molecular weight excluding hydrogens is 318 g/mol. The molecule has 0 spiro atoms. The highest BCUT2D eigenvalue weighted by Crippen LogP contribution is 2.21. The van der Waals surface area contributed by atoms with Gasteiger partial charge >= 0.3 is 0 Å². The molecule has 25 heavy (non-hydrogen) atoms. The normalized spacial score (nSPS) is 10.8. The Labute approximate surface area is 144 Å². The number of pyridine rings is 1. The summed E-state index contributed by atoms with van der Waals surface area (Å²) in [5, 5.41) is 20.9. The molecule has 0 atom stereocenters. The van der Waals surface area contributed by atoms with E-state index >= 15 is 0 Å². The van der Waals surface area contributed by atoms with Crippen molar-refractivity contribution in [1.82, 2.24) is 4.98 Å². The molecule has 6 heteroatoms. The molecule has 0 aliphatic carbocycles. The second-order valence-electron chi connectivity index (χ2n) is 5.76. The maximum Gasteiger partial charge on any atom is 0.261 e. The molecule has 0 saturated carbocycles. The molecule has 1 aromatic carbocycles. The van der Waals surface area contributed by atoms with Gasteiger partial charge in [-0.05, 0) is 37.1 Å². The molecule has 0 radical (unpaired) electrons. The predicted molar refractivity (Wildman–Crippen MR) is 94.3 cm³/mol. The SMILES string of the molecule is CCc1ccc(NC(=O)c2cc3c(CO)cnc(C)c3oc2=N)cc1. The maximum atomic E-state index is 12.5. The van der Waals surface area contributed by atoms with Gasteiger partial charge in [-0.2, -0.15) is 0 Å². The van der Waals surface area contributed by atoms with Crippen LogP contribution in [-0.4, -0.2) is 16.0 Å². The number of hydrogen-bond donors (Lipinski definition) is 3. The van der Waals surface area contributed by atoms with E-state index in [2.05, 4.69) is 17.2 Å². The van der Waals surface area contributed by atoms with Crippen LogP contribution in [0.1, 0.15) is 34.1 Å². The summed E-state index contributed by atoms with van der Waals surface area (Å²) in [6, 6.07) is 9.11. The minimum Gasteiger partial charge on any atom is -0.436 e. The standard InChI is InChI=1S/C19H19N3O3/c1-3-12-4-6-14(7-5-12)22-19(24)16-8-15-13(10-23)9-21-11(2)17(15)25-18(16)20/h4-9,20,23H,3,10H2,1-2H3,(H,22,24). The number of amides is 1. The van der Waals surface area contributed by atoms with Crippen LogP contribution in [0, 0.1) is 12.3 Å². The summed E-state index contributed by atoms with van der Waals surface area (Å²) in [6.45, 7) is 3.59. The number of rotatable bonds is 4. The molecule has 2 heterocycles. The van der Waals surface area contributed by atoms with Gasteiger partial charge in [-0.1, -0.05) is 19.1 Å². The highest BCUT2D eigenvalue weighted by molar-refractivity contribution is 6.05. The van der Waals surface area contributed by atoms with Gasteiger partial charge < -0.3 is 14.8 Å². The van der Waals surface area contributed by atoms with Crippen molar-refractivity contribution < 1.29 is 14.3 Å². The van der Waals surface area contributed by atoms with Crippen LogP contribution in [0.25, 0.3) is 11.0 Å². The molecule has 0 unspecified atom stereocenters. The van der Waals surface area contributed by atoms with Crippen LogP contribution < -0.4 is 10.9 Å². The summed E-state index contributed by atoms with van der Waals surface area (Å²) in [4.78, 5) is 16.7. The van der Waals surface area contributed by atoms with Gasteiger partial charge in [-0.25, -0.2) is 0 Å². The lowest BCUT2D eigenvalue weighted by atomic mass is 10.1. The third-order valence-corrected chi connectivity index (χ3v) is 4.11. The average molecular weight is 337 g/mol. The van der Waals surface area contributed by atoms with Gasteiger partial charge in [0.15, 0.2) is 5.58 Å². The van der Waals surface area contributed by atoms with Crippen LogP contribution in [0.3, 0.4) is 0 Å². The summed E-state index contributed by atoms with van der Waals surface area (Å²) in [5.74, 6) is -0.432. The molecule has 128 valence electrons. The fourth-order valence-electron chi connectivity index (χ4n) is 2.61. The Hall–Kier alpha value is -2.99. The van der Waals surface area contributed by atoms with E-state index in [1.165, 1.54) is 5.56 Å². The number of benzene rings is 1. The topological polar surface area (TPSA) is 99.2 Å². The lowest BCUT2D eigenvalue weighted by Crippen LogP contribution is -2.21. The second kappa shape index (κ2) is 6.86. The largest absolute Gasteiger partial charge is 0.436 e. The molecule has 0 saturated heterocycles. The van der Waals surface area contributed by atoms with Gasteiger partial charge in [-0.3, -0.25) is 15.2 Å². The number of aliphatic hydroxyl groups is 1. The van der Waals surface area contributed by atoms with Crippen LogP contribution in [0.4, 0.5) is 5.69 Å². The number of aliphatic hydroxyl groups excluding tert-OH is 1. The van der Waals surface area contributed by atoms with Gasteiger partial charge in [0.1, 0.15) is 5.56 Å². The molecule has 3 aromatic rings. The van der Waals surface area contributed by atoms with Crippen molar-refractivity contribution in [3.05, 3.63) is 64.5 Å². The first-order valence-corrected chi connectivity index (χ1v) is 8.01. The van der Waals surface area contributed by atoms with E-state index in [-0.39, 0.29) is 17.7 Å². The fourth-order valence-corrected chi connectivity index (χ4v) is 2.61. The van der Waals surface area contributed by atoms with Gasteiger partial charge in [0.25, 0.3) is 5.91 Å². The molecule has 6 nitrogen and oxygen atoms in total. The number of anilines is 1. The molecular formula is C19H19N3O3. The van der Waals surface area contributed by atoms with E-state index in [0.29, 0.717) is 27.9 Å². The molecule has 0 fully saturated rings. The summed E-state index contributed by atoms with van der Waals surface area (Å²) < 4.78 is 5.49. The number of nitrogens with one attached hydrogen (secondary N) is 2. The third-order valence-electron chi connectivity index (χ3n) is 4.11. The van der Waals surface area contributed by atoms with Gasteiger partial charge in [0, 0.05) is 22.8 Å². The Morgan fingerprint density at radius 2 is 2.04 bits per heavy atom. The van der Waals surface area contributed by atoms with Crippen LogP contribution in [-0.2, 0) is 13.0 Å². The molecule has 2 aromatic heterocycles. The van der Waals surface area contributed by atoms with Crippen molar-refractivity contribution in [2.24, 2.45) is 0 Å². The molecule has 3 N–H and O–H groups in total. The highest BCUT2D eigenvalue weighted by atomic mass is 16.3. The van der Waals surface area contributed by atoms with Gasteiger partial charge in [-0.15, -0.1) is 0 Å². The van der Waals surface area contributed by atoms with Crippen molar-refractivity contribution in [3.8, 4) is 0 Å². The Morgan fingerprint density at radius 3 is 2.68 bits per heavy atom. The Kier molecular flexibility index (Phi) is 4.63. The van der Waals surface area contributed by atoms with E-state index in [1.807, 2.05) is 24.3 Å². The zero-order valence-electron chi connectivity index (χ0n) is 14.1. The van der Waals surface area contributed by atoms with Crippen molar-refractivity contribution >= 4 is 22.6 Å². The van der Waals surface area contributed by atoms with E-state index in [1.54, 1.807) is 19.2 Å². The maximum absolute atomic E-state index is 12.5. The summed E-state index contributed by atoms with van der Waals surface area (Å²) in [5.41, 5.74) is 3.24. The number of nitrogens with zero attached hydrogens (tertiary/aromatic N) is 1. The van der Waals surface area contributed by atoms with Crippen molar-refractivity contribution in [3.63, 3.8) is 0 Å². The van der Waals surface area contributed by atoms with Crippen molar-refractivity contribution in [1.29, 1.82) is 5.41 Å². The zero-order chi connectivity index (χ0) is 18.0. The molecule has 0 aliphatic heterocycles. The highest BCUT2D eigenvalue weighted by Gasteiger charge is 2.15. The van der Waals surface area contributed by atoms with Crippen molar-refractivity contribution in [2.45, 2.75) is 26.9 Å². The van der Waals surface area contributed by atoms with Crippen LogP contribution in [0.2, 0.25) is 0 Å². The molecule has 3 rings (SSSR count). The molecule has 0 bridgehead atoms. The van der Waals surface area contributed by atoms with Crippen molar-refractivity contribution in [2.75, 3.05) is 5.32 Å². The summed E-state index contributed by atoms with van der Waals surface area (Å²) >= 11 is 0. The molecule has 0 aliphatic rings. The second-order valence-corrected chi connectivity index (χ2v) is 5.76. The lowest BCUT2D eigenvalue weighted by Gasteiger charge is -2.09. The molecule has 1 amide bonds. The fraction of sp³-hybridized carbons (Fsp3) is 0.211. The first-order chi connectivity index (χ1) is 12.0. The number of carbonyl (C=O) groups is 1. The Balaban J connectivity index is 2.00. The van der Waals surface area contributed by atoms with Crippen LogP contribution in [0.5, 0.6) is 0 Å². The first kappa shape index (κ1) is 16.9. The monoisotopic (exact) mass is 337 g/mol. The smallest absolute Gasteiger partial charge is 0.261 e.